The Bertz CT molecular complexity index is 1350. The van der Waals surface area contributed by atoms with Crippen LogP contribution in [0.4, 0.5) is 5.69 Å². The van der Waals surface area contributed by atoms with Crippen LogP contribution in [0.1, 0.15) is 41.6 Å². The molecule has 6 heteroatoms. The van der Waals surface area contributed by atoms with Crippen LogP contribution in [0.2, 0.25) is 0 Å². The SMILES string of the molecule is COc1ccc(Cc2c(C)[nH]c3c(N4CCCCC4)c(-c4ccccc4)nn3c2=O)cc1C. The second kappa shape index (κ2) is 8.77. The molecule has 3 heterocycles. The van der Waals surface area contributed by atoms with Gasteiger partial charge >= 0.3 is 0 Å². The highest BCUT2D eigenvalue weighted by atomic mass is 16.5. The molecule has 170 valence electrons. The minimum atomic E-state index is -0.0600. The first-order chi connectivity index (χ1) is 16.1. The van der Waals surface area contributed by atoms with Crippen molar-refractivity contribution < 1.29 is 4.74 Å². The number of nitrogens with one attached hydrogen (secondary N) is 1. The van der Waals surface area contributed by atoms with Crippen molar-refractivity contribution >= 4 is 11.3 Å². The summed E-state index contributed by atoms with van der Waals surface area (Å²) in [6.45, 7) is 5.97. The van der Waals surface area contributed by atoms with E-state index in [9.17, 15) is 4.79 Å². The quantitative estimate of drug-likeness (QED) is 0.478. The Kier molecular flexibility index (Phi) is 5.67. The van der Waals surface area contributed by atoms with Gasteiger partial charge in [0.2, 0.25) is 0 Å². The van der Waals surface area contributed by atoms with Crippen molar-refractivity contribution in [3.05, 3.63) is 81.3 Å². The van der Waals surface area contributed by atoms with Gasteiger partial charge in [0.15, 0.2) is 5.65 Å². The number of hydrogen-bond acceptors (Lipinski definition) is 4. The summed E-state index contributed by atoms with van der Waals surface area (Å²) < 4.78 is 6.96. The Morgan fingerprint density at radius 2 is 1.79 bits per heavy atom. The maximum absolute atomic E-state index is 13.7. The van der Waals surface area contributed by atoms with Gasteiger partial charge in [0.1, 0.15) is 17.1 Å². The highest BCUT2D eigenvalue weighted by molar-refractivity contribution is 5.86. The Morgan fingerprint density at radius 3 is 2.48 bits per heavy atom. The summed E-state index contributed by atoms with van der Waals surface area (Å²) in [5.41, 5.74) is 7.41. The number of methoxy groups -OCH3 is 1. The summed E-state index contributed by atoms with van der Waals surface area (Å²) in [5.74, 6) is 0.852. The van der Waals surface area contributed by atoms with Crippen LogP contribution in [0.25, 0.3) is 16.9 Å². The van der Waals surface area contributed by atoms with Crippen LogP contribution in [0.15, 0.2) is 53.3 Å². The molecule has 2 aromatic carbocycles. The first kappa shape index (κ1) is 21.3. The van der Waals surface area contributed by atoms with E-state index in [2.05, 4.69) is 28.1 Å². The first-order valence-corrected chi connectivity index (χ1v) is 11.6. The molecule has 4 aromatic rings. The molecule has 33 heavy (non-hydrogen) atoms. The number of aryl methyl sites for hydroxylation is 2. The molecule has 0 amide bonds. The minimum Gasteiger partial charge on any atom is -0.496 e. The monoisotopic (exact) mass is 442 g/mol. The number of piperidine rings is 1. The fraction of sp³-hybridized carbons (Fsp3) is 0.333. The first-order valence-electron chi connectivity index (χ1n) is 11.6. The Morgan fingerprint density at radius 1 is 1.03 bits per heavy atom. The summed E-state index contributed by atoms with van der Waals surface area (Å²) in [4.78, 5) is 19.6. The molecule has 0 bridgehead atoms. The smallest absolute Gasteiger partial charge is 0.278 e. The topological polar surface area (TPSA) is 62.6 Å². The molecule has 0 radical (unpaired) electrons. The van der Waals surface area contributed by atoms with E-state index < -0.39 is 0 Å². The van der Waals surface area contributed by atoms with E-state index >= 15 is 0 Å². The normalized spacial score (nSPS) is 14.1. The number of nitrogens with zero attached hydrogens (tertiary/aromatic N) is 3. The van der Waals surface area contributed by atoms with Crippen LogP contribution in [0, 0.1) is 13.8 Å². The molecule has 6 nitrogen and oxygen atoms in total. The molecule has 0 spiro atoms. The van der Waals surface area contributed by atoms with E-state index in [-0.39, 0.29) is 5.56 Å². The maximum Gasteiger partial charge on any atom is 0.278 e. The predicted molar refractivity (Wildman–Crippen MR) is 133 cm³/mol. The van der Waals surface area contributed by atoms with Crippen LogP contribution in [-0.4, -0.2) is 34.8 Å². The number of aromatic nitrogens is 3. The molecule has 1 aliphatic rings. The summed E-state index contributed by atoms with van der Waals surface area (Å²) in [6.07, 6.45) is 4.10. The lowest BCUT2D eigenvalue weighted by atomic mass is 10.0. The van der Waals surface area contributed by atoms with Gasteiger partial charge < -0.3 is 14.6 Å². The summed E-state index contributed by atoms with van der Waals surface area (Å²) >= 11 is 0. The zero-order chi connectivity index (χ0) is 22.9. The van der Waals surface area contributed by atoms with Gasteiger partial charge in [-0.15, -0.1) is 0 Å². The lowest BCUT2D eigenvalue weighted by molar-refractivity contribution is 0.411. The maximum atomic E-state index is 13.7. The molecule has 1 fully saturated rings. The molecule has 0 aliphatic carbocycles. The van der Waals surface area contributed by atoms with E-state index in [1.807, 2.05) is 44.2 Å². The second-order valence-electron chi connectivity index (χ2n) is 8.89. The fourth-order valence-electron chi connectivity index (χ4n) is 4.88. The van der Waals surface area contributed by atoms with E-state index in [4.69, 9.17) is 9.84 Å². The van der Waals surface area contributed by atoms with Gasteiger partial charge in [-0.3, -0.25) is 4.79 Å². The lowest BCUT2D eigenvalue weighted by Gasteiger charge is -2.28. The van der Waals surface area contributed by atoms with Crippen molar-refractivity contribution in [2.75, 3.05) is 25.1 Å². The number of rotatable bonds is 5. The van der Waals surface area contributed by atoms with Crippen molar-refractivity contribution in [3.8, 4) is 17.0 Å². The summed E-state index contributed by atoms with van der Waals surface area (Å²) in [5, 5.41) is 4.86. The minimum absolute atomic E-state index is 0.0600. The number of anilines is 1. The third kappa shape index (κ3) is 3.90. The van der Waals surface area contributed by atoms with Gasteiger partial charge in [0, 0.05) is 36.3 Å². The molecule has 0 unspecified atom stereocenters. The molecule has 1 aliphatic heterocycles. The summed E-state index contributed by atoms with van der Waals surface area (Å²) in [6, 6.07) is 16.2. The van der Waals surface area contributed by atoms with Gasteiger partial charge in [-0.25, -0.2) is 0 Å². The number of hydrogen-bond donors (Lipinski definition) is 1. The molecule has 1 N–H and O–H groups in total. The fourth-order valence-corrected chi connectivity index (χ4v) is 4.88. The third-order valence-electron chi connectivity index (χ3n) is 6.63. The van der Waals surface area contributed by atoms with Crippen molar-refractivity contribution in [2.24, 2.45) is 0 Å². The zero-order valence-electron chi connectivity index (χ0n) is 19.5. The molecule has 0 saturated carbocycles. The largest absolute Gasteiger partial charge is 0.496 e. The molecule has 0 atom stereocenters. The van der Waals surface area contributed by atoms with Gasteiger partial charge in [-0.05, 0) is 50.3 Å². The van der Waals surface area contributed by atoms with E-state index in [1.165, 1.54) is 6.42 Å². The molecule has 1 saturated heterocycles. The molecular formula is C27H30N4O2. The predicted octanol–water partition coefficient (Wildman–Crippen LogP) is 4.90. The van der Waals surface area contributed by atoms with Crippen LogP contribution in [0.5, 0.6) is 5.75 Å². The van der Waals surface area contributed by atoms with E-state index in [1.54, 1.807) is 11.6 Å². The third-order valence-corrected chi connectivity index (χ3v) is 6.63. The number of H-pyrrole nitrogens is 1. The van der Waals surface area contributed by atoms with Crippen LogP contribution < -0.4 is 15.2 Å². The average Bonchev–Trinajstić information content (AvgIpc) is 3.22. The average molecular weight is 443 g/mol. The van der Waals surface area contributed by atoms with Crippen molar-refractivity contribution in [1.29, 1.82) is 0 Å². The van der Waals surface area contributed by atoms with E-state index in [0.717, 1.165) is 76.7 Å². The van der Waals surface area contributed by atoms with Crippen molar-refractivity contribution in [3.63, 3.8) is 0 Å². The molecule has 5 rings (SSSR count). The summed E-state index contributed by atoms with van der Waals surface area (Å²) in [7, 11) is 1.67. The number of fused-ring (bicyclic) bond motifs is 1. The number of benzene rings is 2. The van der Waals surface area contributed by atoms with Gasteiger partial charge in [0.25, 0.3) is 5.56 Å². The van der Waals surface area contributed by atoms with Gasteiger partial charge in [0.05, 0.1) is 7.11 Å². The van der Waals surface area contributed by atoms with Crippen molar-refractivity contribution in [1.82, 2.24) is 14.6 Å². The van der Waals surface area contributed by atoms with Crippen LogP contribution in [0.3, 0.4) is 0 Å². The highest BCUT2D eigenvalue weighted by Gasteiger charge is 2.25. The number of aromatic amines is 1. The standard InChI is InChI=1S/C27H30N4O2/c1-18-16-20(12-13-23(18)33-3)17-22-19(2)28-26-25(30-14-8-5-9-15-30)24(29-31(26)27(22)32)21-10-6-4-7-11-21/h4,6-7,10-13,16,28H,5,8-9,14-15,17H2,1-3H3. The Balaban J connectivity index is 1.66. The molecular weight excluding hydrogens is 412 g/mol. The van der Waals surface area contributed by atoms with E-state index in [0.29, 0.717) is 6.42 Å². The van der Waals surface area contributed by atoms with Crippen LogP contribution in [-0.2, 0) is 6.42 Å². The van der Waals surface area contributed by atoms with Crippen molar-refractivity contribution in [2.45, 2.75) is 39.5 Å². The number of ether oxygens (including phenoxy) is 1. The van der Waals surface area contributed by atoms with Crippen LogP contribution >= 0.6 is 0 Å². The Hall–Kier alpha value is -3.54. The lowest BCUT2D eigenvalue weighted by Crippen LogP contribution is -2.30. The van der Waals surface area contributed by atoms with Gasteiger partial charge in [-0.2, -0.15) is 9.61 Å². The zero-order valence-corrected chi connectivity index (χ0v) is 19.5. The highest BCUT2D eigenvalue weighted by Crippen LogP contribution is 2.34. The molecule has 2 aromatic heterocycles. The second-order valence-corrected chi connectivity index (χ2v) is 8.89. The van der Waals surface area contributed by atoms with Gasteiger partial charge in [-0.1, -0.05) is 42.5 Å². The Labute approximate surface area is 193 Å².